The molecule has 120 valence electrons. The lowest BCUT2D eigenvalue weighted by Gasteiger charge is -2.09. The first-order valence-electron chi connectivity index (χ1n) is 7.38. The zero-order valence-corrected chi connectivity index (χ0v) is 12.5. The highest BCUT2D eigenvalue weighted by Crippen LogP contribution is 2.33. The number of rotatable bonds is 4. The minimum absolute atomic E-state index is 0.120. The number of nitrogens with one attached hydrogen (secondary N) is 1. The first-order chi connectivity index (χ1) is 11.8. The van der Waals surface area contributed by atoms with Crippen molar-refractivity contribution < 1.29 is 18.8 Å². The van der Waals surface area contributed by atoms with Gasteiger partial charge in [0.2, 0.25) is 0 Å². The summed E-state index contributed by atoms with van der Waals surface area (Å²) in [5.41, 5.74) is 0.820. The topological polar surface area (TPSA) is 86.5 Å². The van der Waals surface area contributed by atoms with Gasteiger partial charge >= 0.3 is 12.2 Å². The van der Waals surface area contributed by atoms with Crippen LogP contribution in [-0.4, -0.2) is 22.3 Å². The molecule has 1 N–H and O–H groups in total. The second kappa shape index (κ2) is 6.04. The normalized spacial score (nSPS) is 13.0. The average molecular weight is 323 g/mol. The van der Waals surface area contributed by atoms with Crippen LogP contribution in [0.1, 0.15) is 5.82 Å². The van der Waals surface area contributed by atoms with Crippen LogP contribution in [0.3, 0.4) is 0 Å². The minimum atomic E-state index is -1.01. The van der Waals surface area contributed by atoms with Gasteiger partial charge in [0.25, 0.3) is 5.89 Å². The lowest BCUT2D eigenvalue weighted by atomic mass is 10.2. The number of hydrogen-bond acceptors (Lipinski definition) is 6. The monoisotopic (exact) mass is 323 g/mol. The molecule has 7 heteroatoms. The van der Waals surface area contributed by atoms with Gasteiger partial charge < -0.3 is 19.3 Å². The molecule has 0 saturated heterocycles. The summed E-state index contributed by atoms with van der Waals surface area (Å²) in [5, 5.41) is 6.51. The molecule has 0 aliphatic carbocycles. The Morgan fingerprint density at radius 1 is 1.00 bits per heavy atom. The van der Waals surface area contributed by atoms with Crippen LogP contribution in [0.25, 0.3) is 11.5 Å². The fourth-order valence-electron chi connectivity index (χ4n) is 2.28. The number of benzene rings is 2. The molecule has 0 saturated carbocycles. The highest BCUT2D eigenvalue weighted by molar-refractivity contribution is 5.81. The molecule has 3 aromatic rings. The summed E-state index contributed by atoms with van der Waals surface area (Å²) in [6.07, 6.45) is -1.01. The Hall–Kier alpha value is -3.35. The van der Waals surface area contributed by atoms with E-state index >= 15 is 0 Å². The zero-order valence-electron chi connectivity index (χ0n) is 12.5. The molecule has 1 amide bonds. The van der Waals surface area contributed by atoms with Crippen LogP contribution in [0, 0.1) is 0 Å². The Kier molecular flexibility index (Phi) is 3.59. The highest BCUT2D eigenvalue weighted by Gasteiger charge is 2.30. The number of ether oxygens (including phenoxy) is 2. The molecule has 7 nitrogen and oxygen atoms in total. The molecular weight excluding hydrogens is 310 g/mol. The van der Waals surface area contributed by atoms with Gasteiger partial charge in [0.1, 0.15) is 0 Å². The first kappa shape index (κ1) is 14.3. The molecule has 0 unspecified atom stereocenters. The Bertz CT molecular complexity index is 838. The van der Waals surface area contributed by atoms with E-state index in [4.69, 9.17) is 14.0 Å². The molecular formula is C17H13N3O4. The maximum absolute atomic E-state index is 12.1. The lowest BCUT2D eigenvalue weighted by molar-refractivity contribution is -0.137. The van der Waals surface area contributed by atoms with Gasteiger partial charge in [-0.05, 0) is 24.3 Å². The third-order valence-corrected chi connectivity index (χ3v) is 3.44. The van der Waals surface area contributed by atoms with Crippen molar-refractivity contribution in [2.24, 2.45) is 0 Å². The predicted molar refractivity (Wildman–Crippen MR) is 83.1 cm³/mol. The quantitative estimate of drug-likeness (QED) is 0.792. The summed E-state index contributed by atoms with van der Waals surface area (Å²) in [4.78, 5) is 16.4. The fourth-order valence-corrected chi connectivity index (χ4v) is 2.28. The number of hydrogen-bond donors (Lipinski definition) is 1. The summed E-state index contributed by atoms with van der Waals surface area (Å²) in [6, 6.07) is 16.5. The third kappa shape index (κ3) is 2.79. The average Bonchev–Trinajstić information content (AvgIpc) is 3.27. The predicted octanol–water partition coefficient (Wildman–Crippen LogP) is 2.15. The maximum atomic E-state index is 12.1. The van der Waals surface area contributed by atoms with Crippen LogP contribution in [0.2, 0.25) is 0 Å². The van der Waals surface area contributed by atoms with Gasteiger partial charge in [-0.1, -0.05) is 35.5 Å². The van der Waals surface area contributed by atoms with Crippen molar-refractivity contribution >= 4 is 5.91 Å². The number of amides is 1. The fraction of sp³-hybridized carbons (Fsp3) is 0.118. The molecule has 2 heterocycles. The van der Waals surface area contributed by atoms with Crippen molar-refractivity contribution in [3.05, 3.63) is 60.4 Å². The standard InChI is InChI=1S/C17H13N3O4/c21-15(17-22-12-8-4-5-9-13(12)23-17)18-10-14-19-16(24-20-14)11-6-2-1-3-7-11/h1-9,17H,10H2,(H,18,21). The SMILES string of the molecule is O=C(NCc1noc(-c2ccccc2)n1)C1Oc2ccccc2O1. The van der Waals surface area contributed by atoms with E-state index in [1.165, 1.54) is 0 Å². The second-order valence-corrected chi connectivity index (χ2v) is 5.11. The molecule has 1 aromatic heterocycles. The number of fused-ring (bicyclic) bond motifs is 1. The molecule has 2 aromatic carbocycles. The van der Waals surface area contributed by atoms with Gasteiger partial charge in [-0.25, -0.2) is 0 Å². The van der Waals surface area contributed by atoms with E-state index in [9.17, 15) is 4.79 Å². The van der Waals surface area contributed by atoms with Crippen LogP contribution < -0.4 is 14.8 Å². The first-order valence-corrected chi connectivity index (χ1v) is 7.38. The van der Waals surface area contributed by atoms with Crippen LogP contribution >= 0.6 is 0 Å². The molecule has 0 bridgehead atoms. The summed E-state index contributed by atoms with van der Waals surface area (Å²) >= 11 is 0. The molecule has 0 radical (unpaired) electrons. The zero-order chi connectivity index (χ0) is 16.4. The largest absolute Gasteiger partial charge is 0.442 e. The van der Waals surface area contributed by atoms with Gasteiger partial charge in [-0.15, -0.1) is 0 Å². The van der Waals surface area contributed by atoms with E-state index in [0.717, 1.165) is 5.56 Å². The van der Waals surface area contributed by atoms with Crippen molar-refractivity contribution in [1.29, 1.82) is 0 Å². The number of nitrogens with zero attached hydrogens (tertiary/aromatic N) is 2. The van der Waals surface area contributed by atoms with E-state index in [-0.39, 0.29) is 6.54 Å². The number of carbonyl (C=O) groups is 1. The lowest BCUT2D eigenvalue weighted by Crippen LogP contribution is -2.39. The van der Waals surface area contributed by atoms with E-state index in [2.05, 4.69) is 15.5 Å². The summed E-state index contributed by atoms with van der Waals surface area (Å²) in [6.45, 7) is 0.120. The van der Waals surface area contributed by atoms with E-state index in [0.29, 0.717) is 23.2 Å². The van der Waals surface area contributed by atoms with Crippen LogP contribution in [0.15, 0.2) is 59.1 Å². The van der Waals surface area contributed by atoms with Crippen LogP contribution in [0.5, 0.6) is 11.5 Å². The molecule has 4 rings (SSSR count). The van der Waals surface area contributed by atoms with Gasteiger partial charge in [-0.3, -0.25) is 4.79 Å². The Labute approximate surface area is 137 Å². The summed E-state index contributed by atoms with van der Waals surface area (Å²) in [7, 11) is 0. The Morgan fingerprint density at radius 2 is 1.67 bits per heavy atom. The van der Waals surface area contributed by atoms with E-state index < -0.39 is 12.2 Å². The van der Waals surface area contributed by atoms with Crippen molar-refractivity contribution in [1.82, 2.24) is 15.5 Å². The van der Waals surface area contributed by atoms with Crippen molar-refractivity contribution in [2.75, 3.05) is 0 Å². The Balaban J connectivity index is 1.36. The Morgan fingerprint density at radius 3 is 2.38 bits per heavy atom. The molecule has 24 heavy (non-hydrogen) atoms. The number of aromatic nitrogens is 2. The molecule has 0 fully saturated rings. The van der Waals surface area contributed by atoms with E-state index in [1.54, 1.807) is 12.1 Å². The number of para-hydroxylation sites is 2. The summed E-state index contributed by atoms with van der Waals surface area (Å²) < 4.78 is 16.1. The number of carbonyl (C=O) groups excluding carboxylic acids is 1. The molecule has 1 aliphatic heterocycles. The van der Waals surface area contributed by atoms with E-state index in [1.807, 2.05) is 42.5 Å². The van der Waals surface area contributed by atoms with Crippen molar-refractivity contribution in [3.8, 4) is 23.0 Å². The van der Waals surface area contributed by atoms with Crippen LogP contribution in [0.4, 0.5) is 0 Å². The van der Waals surface area contributed by atoms with Gasteiger partial charge in [-0.2, -0.15) is 4.98 Å². The minimum Gasteiger partial charge on any atom is -0.442 e. The van der Waals surface area contributed by atoms with Gasteiger partial charge in [0, 0.05) is 5.56 Å². The van der Waals surface area contributed by atoms with Crippen molar-refractivity contribution in [3.63, 3.8) is 0 Å². The maximum Gasteiger partial charge on any atom is 0.321 e. The molecule has 0 spiro atoms. The molecule has 1 aliphatic rings. The third-order valence-electron chi connectivity index (χ3n) is 3.44. The van der Waals surface area contributed by atoms with Crippen LogP contribution in [-0.2, 0) is 11.3 Å². The second-order valence-electron chi connectivity index (χ2n) is 5.11. The van der Waals surface area contributed by atoms with Gasteiger partial charge in [0.05, 0.1) is 6.54 Å². The summed E-state index contributed by atoms with van der Waals surface area (Å²) in [5.74, 6) is 1.46. The van der Waals surface area contributed by atoms with Gasteiger partial charge in [0.15, 0.2) is 17.3 Å². The highest BCUT2D eigenvalue weighted by atomic mass is 16.7. The smallest absolute Gasteiger partial charge is 0.321 e. The van der Waals surface area contributed by atoms with Crippen molar-refractivity contribution in [2.45, 2.75) is 12.8 Å². The molecule has 0 atom stereocenters.